The van der Waals surface area contributed by atoms with Gasteiger partial charge in [0.2, 0.25) is 0 Å². The minimum absolute atomic E-state index is 0.379. The van der Waals surface area contributed by atoms with Gasteiger partial charge in [0, 0.05) is 10.9 Å². The molecule has 0 spiro atoms. The van der Waals surface area contributed by atoms with Crippen molar-refractivity contribution in [2.24, 2.45) is 5.84 Å². The second-order valence-electron chi connectivity index (χ2n) is 6.00. The molecule has 2 nitrogen and oxygen atoms in total. The molecule has 21 heavy (non-hydrogen) atoms. The molecule has 3 N–H and O–H groups in total. The lowest BCUT2D eigenvalue weighted by Crippen LogP contribution is -2.36. The first kappa shape index (κ1) is 14.8. The summed E-state index contributed by atoms with van der Waals surface area (Å²) in [6.45, 7) is 0. The summed E-state index contributed by atoms with van der Waals surface area (Å²) in [4.78, 5) is 1.48. The Kier molecular flexibility index (Phi) is 5.07. The van der Waals surface area contributed by atoms with Gasteiger partial charge in [0.15, 0.2) is 0 Å². The van der Waals surface area contributed by atoms with Gasteiger partial charge in [-0.15, -0.1) is 11.3 Å². The van der Waals surface area contributed by atoms with Gasteiger partial charge in [-0.3, -0.25) is 11.3 Å². The van der Waals surface area contributed by atoms with Gasteiger partial charge >= 0.3 is 0 Å². The number of aryl methyl sites for hydroxylation is 3. The molecule has 0 radical (unpaired) electrons. The number of thiophene rings is 1. The summed E-state index contributed by atoms with van der Waals surface area (Å²) in [7, 11) is 0. The van der Waals surface area contributed by atoms with E-state index in [0.717, 1.165) is 12.8 Å². The maximum Gasteiger partial charge on any atom is 0.0251 e. The lowest BCUT2D eigenvalue weighted by atomic mass is 9.98. The van der Waals surface area contributed by atoms with Crippen LogP contribution < -0.4 is 11.3 Å². The quantitative estimate of drug-likeness (QED) is 0.605. The molecule has 1 aliphatic rings. The van der Waals surface area contributed by atoms with Crippen LogP contribution in [0.4, 0.5) is 0 Å². The summed E-state index contributed by atoms with van der Waals surface area (Å²) in [5.74, 6) is 5.75. The van der Waals surface area contributed by atoms with Crippen LogP contribution in [0.25, 0.3) is 0 Å². The molecule has 1 aliphatic carbocycles. The van der Waals surface area contributed by atoms with E-state index in [2.05, 4.69) is 41.1 Å². The lowest BCUT2D eigenvalue weighted by Gasteiger charge is -2.16. The van der Waals surface area contributed by atoms with Gasteiger partial charge in [-0.25, -0.2) is 0 Å². The Bertz CT molecular complexity index is 563. The number of nitrogens with two attached hydrogens (primary N) is 1. The highest BCUT2D eigenvalue weighted by atomic mass is 32.1. The van der Waals surface area contributed by atoms with E-state index in [1.807, 2.05) is 11.3 Å². The minimum Gasteiger partial charge on any atom is -0.271 e. The number of hydrogen-bond acceptors (Lipinski definition) is 3. The van der Waals surface area contributed by atoms with Gasteiger partial charge in [-0.05, 0) is 73.1 Å². The van der Waals surface area contributed by atoms with Crippen molar-refractivity contribution in [3.8, 4) is 0 Å². The topological polar surface area (TPSA) is 38.0 Å². The van der Waals surface area contributed by atoms with E-state index in [0.29, 0.717) is 6.04 Å². The van der Waals surface area contributed by atoms with Gasteiger partial charge in [0.1, 0.15) is 0 Å². The Hall–Kier alpha value is -1.16. The molecule has 1 atom stereocenters. The molecular weight excluding hydrogens is 276 g/mol. The molecule has 0 saturated heterocycles. The normalized spacial score (nSPS) is 15.1. The predicted molar refractivity (Wildman–Crippen MR) is 90.5 cm³/mol. The largest absolute Gasteiger partial charge is 0.271 e. The highest BCUT2D eigenvalue weighted by Crippen LogP contribution is 2.23. The highest BCUT2D eigenvalue weighted by Gasteiger charge is 2.13. The van der Waals surface area contributed by atoms with Crippen molar-refractivity contribution < 1.29 is 0 Å². The fourth-order valence-electron chi connectivity index (χ4n) is 3.26. The molecule has 0 saturated carbocycles. The molecule has 112 valence electrons. The number of hydrogen-bond donors (Lipinski definition) is 2. The molecule has 3 rings (SSSR count). The van der Waals surface area contributed by atoms with Gasteiger partial charge in [0.25, 0.3) is 0 Å². The smallest absolute Gasteiger partial charge is 0.0251 e. The van der Waals surface area contributed by atoms with Crippen molar-refractivity contribution in [2.75, 3.05) is 0 Å². The Morgan fingerprint density at radius 1 is 1.19 bits per heavy atom. The van der Waals surface area contributed by atoms with Gasteiger partial charge in [0.05, 0.1) is 0 Å². The number of rotatable bonds is 7. The van der Waals surface area contributed by atoms with E-state index in [9.17, 15) is 0 Å². The Morgan fingerprint density at radius 2 is 2.10 bits per heavy atom. The van der Waals surface area contributed by atoms with E-state index < -0.39 is 0 Å². The Labute approximate surface area is 131 Å². The SMILES string of the molecule is NNC(CCCc1cccs1)Cc1ccc2c(c1)CCC2. The maximum atomic E-state index is 5.75. The maximum absolute atomic E-state index is 5.75. The van der Waals surface area contributed by atoms with Crippen molar-refractivity contribution in [1.82, 2.24) is 5.43 Å². The van der Waals surface area contributed by atoms with Crippen LogP contribution in [0.1, 0.15) is 40.8 Å². The fraction of sp³-hybridized carbons (Fsp3) is 0.444. The van der Waals surface area contributed by atoms with Crippen molar-refractivity contribution in [2.45, 2.75) is 51.0 Å². The Morgan fingerprint density at radius 3 is 2.90 bits per heavy atom. The third kappa shape index (κ3) is 3.94. The summed E-state index contributed by atoms with van der Waals surface area (Å²) in [6.07, 6.45) is 8.36. The zero-order valence-electron chi connectivity index (χ0n) is 12.5. The van der Waals surface area contributed by atoms with Crippen molar-refractivity contribution in [3.05, 3.63) is 57.3 Å². The number of hydrazine groups is 1. The molecule has 1 aromatic heterocycles. The van der Waals surface area contributed by atoms with E-state index in [4.69, 9.17) is 5.84 Å². The standard InChI is InChI=1S/C18H24N2S/c19-20-17(6-2-7-18-8-3-11-21-18)13-14-9-10-15-4-1-5-16(15)12-14/h3,8-12,17,20H,1-2,4-7,13,19H2. The van der Waals surface area contributed by atoms with Gasteiger partial charge < -0.3 is 0 Å². The van der Waals surface area contributed by atoms with E-state index in [1.165, 1.54) is 42.5 Å². The van der Waals surface area contributed by atoms with Crippen LogP contribution in [0.2, 0.25) is 0 Å². The van der Waals surface area contributed by atoms with Crippen LogP contribution in [0.5, 0.6) is 0 Å². The Balaban J connectivity index is 1.52. The van der Waals surface area contributed by atoms with Crippen LogP contribution in [0.15, 0.2) is 35.7 Å². The minimum atomic E-state index is 0.379. The van der Waals surface area contributed by atoms with E-state index in [-0.39, 0.29) is 0 Å². The molecule has 1 aromatic carbocycles. The number of nitrogens with one attached hydrogen (secondary N) is 1. The predicted octanol–water partition coefficient (Wildman–Crippen LogP) is 3.63. The van der Waals surface area contributed by atoms with Crippen molar-refractivity contribution in [3.63, 3.8) is 0 Å². The molecule has 0 aliphatic heterocycles. The molecule has 0 fully saturated rings. The third-order valence-corrected chi connectivity index (χ3v) is 5.37. The summed E-state index contributed by atoms with van der Waals surface area (Å²) in [5.41, 5.74) is 7.53. The molecule has 0 bridgehead atoms. The number of fused-ring (bicyclic) bond motifs is 1. The summed E-state index contributed by atoms with van der Waals surface area (Å²) in [6, 6.07) is 11.7. The molecule has 3 heteroatoms. The molecule has 2 aromatic rings. The van der Waals surface area contributed by atoms with E-state index in [1.54, 1.807) is 11.1 Å². The van der Waals surface area contributed by atoms with Gasteiger partial charge in [-0.2, -0.15) is 0 Å². The first-order valence-corrected chi connectivity index (χ1v) is 8.82. The van der Waals surface area contributed by atoms with Crippen LogP contribution in [0, 0.1) is 0 Å². The first-order chi connectivity index (χ1) is 10.3. The average molecular weight is 300 g/mol. The summed E-state index contributed by atoms with van der Waals surface area (Å²) >= 11 is 1.85. The monoisotopic (exact) mass is 300 g/mol. The summed E-state index contributed by atoms with van der Waals surface area (Å²) in [5, 5.41) is 2.15. The van der Waals surface area contributed by atoms with Crippen molar-refractivity contribution >= 4 is 11.3 Å². The fourth-order valence-corrected chi connectivity index (χ4v) is 4.01. The average Bonchev–Trinajstić information content (AvgIpc) is 3.16. The number of benzene rings is 1. The lowest BCUT2D eigenvalue weighted by molar-refractivity contribution is 0.477. The second kappa shape index (κ2) is 7.21. The van der Waals surface area contributed by atoms with E-state index >= 15 is 0 Å². The van der Waals surface area contributed by atoms with Crippen LogP contribution >= 0.6 is 11.3 Å². The molecule has 1 heterocycles. The molecule has 1 unspecified atom stereocenters. The van der Waals surface area contributed by atoms with Gasteiger partial charge in [-0.1, -0.05) is 24.3 Å². The van der Waals surface area contributed by atoms with Crippen LogP contribution in [-0.2, 0) is 25.7 Å². The second-order valence-corrected chi connectivity index (χ2v) is 7.03. The summed E-state index contributed by atoms with van der Waals surface area (Å²) < 4.78 is 0. The third-order valence-electron chi connectivity index (χ3n) is 4.44. The van der Waals surface area contributed by atoms with Crippen LogP contribution in [0.3, 0.4) is 0 Å². The first-order valence-electron chi connectivity index (χ1n) is 7.94. The molecular formula is C18H24N2S. The molecule has 0 amide bonds. The highest BCUT2D eigenvalue weighted by molar-refractivity contribution is 7.09. The zero-order chi connectivity index (χ0) is 14.5. The zero-order valence-corrected chi connectivity index (χ0v) is 13.3. The van der Waals surface area contributed by atoms with Crippen molar-refractivity contribution in [1.29, 1.82) is 0 Å². The van der Waals surface area contributed by atoms with Crippen LogP contribution in [-0.4, -0.2) is 6.04 Å².